The number of amides is 1. The molecular weight excluding hydrogens is 392 g/mol. The normalized spacial score (nSPS) is 14.8. The predicted octanol–water partition coefficient (Wildman–Crippen LogP) is 2.86. The van der Waals surface area contributed by atoms with E-state index >= 15 is 0 Å². The van der Waals surface area contributed by atoms with Crippen LogP contribution in [0.5, 0.6) is 0 Å². The summed E-state index contributed by atoms with van der Waals surface area (Å²) in [6.07, 6.45) is 2.50. The van der Waals surface area contributed by atoms with Gasteiger partial charge in [0.1, 0.15) is 5.82 Å². The van der Waals surface area contributed by atoms with Crippen LogP contribution in [0, 0.1) is 12.8 Å². The summed E-state index contributed by atoms with van der Waals surface area (Å²) in [5, 5.41) is 16.4. The van der Waals surface area contributed by atoms with Crippen molar-refractivity contribution in [1.82, 2.24) is 25.1 Å². The van der Waals surface area contributed by atoms with Crippen LogP contribution in [-0.2, 0) is 9.53 Å². The Bertz CT molecular complexity index is 1010. The minimum Gasteiger partial charge on any atom is -0.382 e. The van der Waals surface area contributed by atoms with Gasteiger partial charge in [-0.3, -0.25) is 4.79 Å². The van der Waals surface area contributed by atoms with Gasteiger partial charge in [0.25, 0.3) is 0 Å². The second-order valence-electron chi connectivity index (χ2n) is 7.95. The Balaban J connectivity index is 1.38. The van der Waals surface area contributed by atoms with E-state index in [0.29, 0.717) is 19.8 Å². The van der Waals surface area contributed by atoms with E-state index in [2.05, 4.69) is 39.5 Å². The molecule has 164 valence electrons. The van der Waals surface area contributed by atoms with Crippen LogP contribution in [0.15, 0.2) is 36.4 Å². The van der Waals surface area contributed by atoms with Gasteiger partial charge in [0.2, 0.25) is 5.91 Å². The third kappa shape index (κ3) is 5.02. The molecule has 1 aliphatic rings. The number of carbonyl (C=O) groups is 1. The number of fused-ring (bicyclic) bond motifs is 1. The summed E-state index contributed by atoms with van der Waals surface area (Å²) in [5.41, 5.74) is 2.91. The van der Waals surface area contributed by atoms with Gasteiger partial charge in [-0.1, -0.05) is 29.8 Å². The van der Waals surface area contributed by atoms with E-state index in [9.17, 15) is 4.79 Å². The molecule has 0 aliphatic carbocycles. The molecule has 4 rings (SSSR count). The van der Waals surface area contributed by atoms with E-state index in [4.69, 9.17) is 9.84 Å². The summed E-state index contributed by atoms with van der Waals surface area (Å²) in [4.78, 5) is 14.7. The van der Waals surface area contributed by atoms with Gasteiger partial charge >= 0.3 is 0 Å². The van der Waals surface area contributed by atoms with Crippen LogP contribution in [0.3, 0.4) is 0 Å². The number of nitrogens with zero attached hydrogens (tertiary/aromatic N) is 5. The van der Waals surface area contributed by atoms with Crippen LogP contribution in [0.25, 0.3) is 17.0 Å². The molecule has 0 radical (unpaired) electrons. The van der Waals surface area contributed by atoms with Gasteiger partial charge in [-0.05, 0) is 45.2 Å². The van der Waals surface area contributed by atoms with E-state index in [1.54, 1.807) is 4.52 Å². The third-order valence-corrected chi connectivity index (χ3v) is 5.72. The smallest absolute Gasteiger partial charge is 0.223 e. The summed E-state index contributed by atoms with van der Waals surface area (Å²) < 4.78 is 7.12. The highest BCUT2D eigenvalue weighted by molar-refractivity contribution is 5.79. The number of benzene rings is 1. The number of aromatic nitrogens is 4. The molecule has 0 unspecified atom stereocenters. The van der Waals surface area contributed by atoms with Crippen LogP contribution in [0.4, 0.5) is 5.82 Å². The molecule has 8 nitrogen and oxygen atoms in total. The minimum absolute atomic E-state index is 0.0603. The maximum atomic E-state index is 12.4. The Morgan fingerprint density at radius 1 is 1.13 bits per heavy atom. The predicted molar refractivity (Wildman–Crippen MR) is 120 cm³/mol. The topological polar surface area (TPSA) is 84.6 Å². The molecule has 0 saturated carbocycles. The molecule has 1 fully saturated rings. The summed E-state index contributed by atoms with van der Waals surface area (Å²) in [5.74, 6) is 1.83. The number of ether oxygens (including phenoxy) is 1. The van der Waals surface area contributed by atoms with Crippen LogP contribution >= 0.6 is 0 Å². The van der Waals surface area contributed by atoms with Crippen LogP contribution in [0.1, 0.15) is 31.7 Å². The molecule has 3 aromatic rings. The first-order chi connectivity index (χ1) is 15.2. The largest absolute Gasteiger partial charge is 0.382 e. The second-order valence-corrected chi connectivity index (χ2v) is 7.95. The molecule has 3 heterocycles. The number of carbonyl (C=O) groups excluding carboxylic acids is 1. The lowest BCUT2D eigenvalue weighted by molar-refractivity contribution is -0.125. The Hall–Kier alpha value is -3.00. The van der Waals surface area contributed by atoms with Gasteiger partial charge in [0.05, 0.1) is 0 Å². The Kier molecular flexibility index (Phi) is 6.76. The molecule has 31 heavy (non-hydrogen) atoms. The van der Waals surface area contributed by atoms with Gasteiger partial charge in [0.15, 0.2) is 11.5 Å². The number of hydrogen-bond donors (Lipinski definition) is 1. The monoisotopic (exact) mass is 422 g/mol. The van der Waals surface area contributed by atoms with Crippen molar-refractivity contribution < 1.29 is 9.53 Å². The number of piperidine rings is 1. The zero-order valence-electron chi connectivity index (χ0n) is 18.3. The summed E-state index contributed by atoms with van der Waals surface area (Å²) in [6, 6.07) is 12.1. The Labute approximate surface area is 182 Å². The molecule has 1 saturated heterocycles. The molecule has 2 aromatic heterocycles. The average Bonchev–Trinajstić information content (AvgIpc) is 3.23. The third-order valence-electron chi connectivity index (χ3n) is 5.72. The Morgan fingerprint density at radius 2 is 1.90 bits per heavy atom. The fraction of sp³-hybridized carbons (Fsp3) is 0.478. The molecule has 8 heteroatoms. The van der Waals surface area contributed by atoms with Crippen LogP contribution in [0.2, 0.25) is 0 Å². The van der Waals surface area contributed by atoms with Gasteiger partial charge in [-0.2, -0.15) is 4.52 Å². The van der Waals surface area contributed by atoms with Crippen molar-refractivity contribution in [3.63, 3.8) is 0 Å². The highest BCUT2D eigenvalue weighted by Crippen LogP contribution is 2.24. The molecule has 1 amide bonds. The molecule has 1 aliphatic heterocycles. The summed E-state index contributed by atoms with van der Waals surface area (Å²) in [7, 11) is 0. The maximum Gasteiger partial charge on any atom is 0.223 e. The average molecular weight is 423 g/mol. The van der Waals surface area contributed by atoms with Crippen LogP contribution in [-0.4, -0.2) is 58.6 Å². The van der Waals surface area contributed by atoms with Gasteiger partial charge in [0, 0.05) is 44.3 Å². The van der Waals surface area contributed by atoms with Crippen molar-refractivity contribution in [2.75, 3.05) is 37.7 Å². The summed E-state index contributed by atoms with van der Waals surface area (Å²) in [6.45, 7) is 7.73. The number of nitrogens with one attached hydrogen (secondary N) is 1. The quantitative estimate of drug-likeness (QED) is 0.562. The fourth-order valence-electron chi connectivity index (χ4n) is 3.88. The van der Waals surface area contributed by atoms with Crippen molar-refractivity contribution >= 4 is 17.4 Å². The zero-order chi connectivity index (χ0) is 21.6. The lowest BCUT2D eigenvalue weighted by atomic mass is 9.96. The number of hydrogen-bond acceptors (Lipinski definition) is 6. The molecule has 0 bridgehead atoms. The highest BCUT2D eigenvalue weighted by Gasteiger charge is 2.25. The van der Waals surface area contributed by atoms with Crippen LogP contribution < -0.4 is 10.2 Å². The standard InChI is InChI=1S/C23H30N6O2/c1-3-31-16-4-13-24-23(30)19-11-14-28(15-12-19)21-10-9-20-25-26-22(29(20)27-21)18-7-5-17(2)6-8-18/h5-10,19H,3-4,11-16H2,1-2H3,(H,24,30). The minimum atomic E-state index is 0.0603. The van der Waals surface area contributed by atoms with E-state index in [1.165, 1.54) is 5.56 Å². The van der Waals surface area contributed by atoms with Crippen molar-refractivity contribution in [3.05, 3.63) is 42.0 Å². The number of rotatable bonds is 8. The van der Waals surface area contributed by atoms with Gasteiger partial charge in [-0.15, -0.1) is 15.3 Å². The lowest BCUT2D eigenvalue weighted by Crippen LogP contribution is -2.41. The molecule has 0 spiro atoms. The van der Waals surface area contributed by atoms with Gasteiger partial charge in [-0.25, -0.2) is 0 Å². The first kappa shape index (κ1) is 21.2. The van der Waals surface area contributed by atoms with E-state index in [-0.39, 0.29) is 11.8 Å². The Morgan fingerprint density at radius 3 is 2.65 bits per heavy atom. The maximum absolute atomic E-state index is 12.4. The molecule has 1 N–H and O–H groups in total. The molecule has 0 atom stereocenters. The van der Waals surface area contributed by atoms with Crippen molar-refractivity contribution in [3.8, 4) is 11.4 Å². The van der Waals surface area contributed by atoms with Gasteiger partial charge < -0.3 is 15.0 Å². The molecular formula is C23H30N6O2. The van der Waals surface area contributed by atoms with Crippen molar-refractivity contribution in [1.29, 1.82) is 0 Å². The highest BCUT2D eigenvalue weighted by atomic mass is 16.5. The number of aryl methyl sites for hydroxylation is 1. The molecule has 1 aromatic carbocycles. The van der Waals surface area contributed by atoms with Crippen molar-refractivity contribution in [2.24, 2.45) is 5.92 Å². The zero-order valence-corrected chi connectivity index (χ0v) is 18.3. The first-order valence-electron chi connectivity index (χ1n) is 11.1. The fourth-order valence-corrected chi connectivity index (χ4v) is 3.88. The van der Waals surface area contributed by atoms with E-state index in [0.717, 1.165) is 55.2 Å². The lowest BCUT2D eigenvalue weighted by Gasteiger charge is -2.32. The first-order valence-corrected chi connectivity index (χ1v) is 11.1. The second kappa shape index (κ2) is 9.87. The summed E-state index contributed by atoms with van der Waals surface area (Å²) >= 11 is 0. The van der Waals surface area contributed by atoms with E-state index < -0.39 is 0 Å². The SMILES string of the molecule is CCOCCCNC(=O)C1CCN(c2ccc3nnc(-c4ccc(C)cc4)n3n2)CC1. The van der Waals surface area contributed by atoms with E-state index in [1.807, 2.05) is 31.2 Å². The number of anilines is 1. The van der Waals surface area contributed by atoms with Crippen molar-refractivity contribution in [2.45, 2.75) is 33.1 Å².